The molecule has 0 spiro atoms. The fourth-order valence-corrected chi connectivity index (χ4v) is 5.95. The van der Waals surface area contributed by atoms with E-state index in [2.05, 4.69) is 5.32 Å². The molecule has 198 valence electrons. The zero-order chi connectivity index (χ0) is 26.7. The summed E-state index contributed by atoms with van der Waals surface area (Å²) in [6.45, 7) is 2.38. The summed E-state index contributed by atoms with van der Waals surface area (Å²) in [6.07, 6.45) is 2.24. The average molecular weight is 529 g/mol. The molecule has 0 aromatic heterocycles. The van der Waals surface area contributed by atoms with Crippen LogP contribution in [0.1, 0.15) is 24.9 Å². The Morgan fingerprint density at radius 2 is 1.73 bits per heavy atom. The van der Waals surface area contributed by atoms with E-state index in [-0.39, 0.29) is 5.91 Å². The molecule has 4 atom stereocenters. The van der Waals surface area contributed by atoms with Gasteiger partial charge in [-0.15, -0.1) is 0 Å². The molecule has 0 unspecified atom stereocenters. The summed E-state index contributed by atoms with van der Waals surface area (Å²) < 4.78 is 21.7. The van der Waals surface area contributed by atoms with Gasteiger partial charge >= 0.3 is 5.97 Å². The Morgan fingerprint density at radius 1 is 1.03 bits per heavy atom. The lowest BCUT2D eigenvalue weighted by molar-refractivity contribution is -0.152. The molecule has 0 saturated carbocycles. The zero-order valence-corrected chi connectivity index (χ0v) is 22.4. The molecule has 2 fully saturated rings. The van der Waals surface area contributed by atoms with Crippen molar-refractivity contribution in [2.75, 3.05) is 44.8 Å². The normalized spacial score (nSPS) is 24.7. The smallest absolute Gasteiger partial charge is 0.326 e. The molecule has 2 aromatic rings. The van der Waals surface area contributed by atoms with Crippen LogP contribution in [0.15, 0.2) is 42.5 Å². The van der Waals surface area contributed by atoms with Crippen molar-refractivity contribution in [3.8, 4) is 17.2 Å². The molecule has 2 heterocycles. The van der Waals surface area contributed by atoms with Gasteiger partial charge in [0.1, 0.15) is 22.8 Å². The summed E-state index contributed by atoms with van der Waals surface area (Å²) in [5.41, 5.74) is -0.301. The van der Waals surface area contributed by atoms with Crippen molar-refractivity contribution in [2.45, 2.75) is 24.9 Å². The standard InChI is InChI=1S/C27H32N2O7S/c1-6-36-17-9-7-16(8-10-17)29-24(30)21-22(25(29)31)27(13-14-37-5,26(32)35-4)28-23(21)19-12-11-18(33-2)15-20(19)34-3/h7-12,15,21-23,28H,6,13-14H2,1-5H3/t21-,22+,23-,27-/m1/s1. The highest BCUT2D eigenvalue weighted by atomic mass is 32.2. The molecule has 1 N–H and O–H groups in total. The number of thioether (sulfide) groups is 1. The third-order valence-corrected chi connectivity index (χ3v) is 7.70. The van der Waals surface area contributed by atoms with Gasteiger partial charge in [0.25, 0.3) is 0 Å². The molecule has 2 aliphatic heterocycles. The Labute approximate surface area is 220 Å². The van der Waals surface area contributed by atoms with Gasteiger partial charge in [-0.05, 0) is 55.7 Å². The number of amides is 2. The maximum atomic E-state index is 14.0. The molecule has 10 heteroatoms. The molecule has 0 radical (unpaired) electrons. The van der Waals surface area contributed by atoms with E-state index in [1.54, 1.807) is 61.3 Å². The molecular weight excluding hydrogens is 496 g/mol. The van der Waals surface area contributed by atoms with Crippen molar-refractivity contribution in [1.29, 1.82) is 0 Å². The van der Waals surface area contributed by atoms with Crippen LogP contribution in [0.2, 0.25) is 0 Å². The Bertz CT molecular complexity index is 1170. The molecule has 2 saturated heterocycles. The van der Waals surface area contributed by atoms with Crippen molar-refractivity contribution in [2.24, 2.45) is 11.8 Å². The van der Waals surface area contributed by atoms with Gasteiger partial charge in [-0.25, -0.2) is 4.90 Å². The van der Waals surface area contributed by atoms with E-state index in [0.717, 1.165) is 0 Å². The highest BCUT2D eigenvalue weighted by Crippen LogP contribution is 2.53. The van der Waals surface area contributed by atoms with E-state index in [9.17, 15) is 14.4 Å². The fraction of sp³-hybridized carbons (Fsp3) is 0.444. The number of anilines is 1. The highest BCUT2D eigenvalue weighted by molar-refractivity contribution is 7.98. The number of nitrogens with zero attached hydrogens (tertiary/aromatic N) is 1. The molecule has 2 aliphatic rings. The zero-order valence-electron chi connectivity index (χ0n) is 21.6. The first kappa shape index (κ1) is 26.8. The fourth-order valence-electron chi connectivity index (χ4n) is 5.42. The van der Waals surface area contributed by atoms with E-state index < -0.39 is 35.3 Å². The topological polar surface area (TPSA) is 103 Å². The highest BCUT2D eigenvalue weighted by Gasteiger charge is 2.69. The van der Waals surface area contributed by atoms with E-state index >= 15 is 0 Å². The molecule has 37 heavy (non-hydrogen) atoms. The van der Waals surface area contributed by atoms with Crippen LogP contribution in [0.5, 0.6) is 17.2 Å². The summed E-state index contributed by atoms with van der Waals surface area (Å²) in [4.78, 5) is 42.6. The monoisotopic (exact) mass is 528 g/mol. The van der Waals surface area contributed by atoms with E-state index in [0.29, 0.717) is 47.3 Å². The number of rotatable bonds is 10. The Hall–Kier alpha value is -3.24. The number of imide groups is 1. The molecule has 2 aromatic carbocycles. The van der Waals surface area contributed by atoms with Crippen LogP contribution >= 0.6 is 11.8 Å². The lowest BCUT2D eigenvalue weighted by Gasteiger charge is -2.32. The number of nitrogens with one attached hydrogen (secondary N) is 1. The Kier molecular flexibility index (Phi) is 7.99. The van der Waals surface area contributed by atoms with Gasteiger partial charge < -0.3 is 18.9 Å². The van der Waals surface area contributed by atoms with Gasteiger partial charge in [0.05, 0.1) is 45.5 Å². The number of hydrogen-bond acceptors (Lipinski definition) is 9. The second kappa shape index (κ2) is 11.0. The summed E-state index contributed by atoms with van der Waals surface area (Å²) >= 11 is 1.55. The van der Waals surface area contributed by atoms with Gasteiger partial charge in [0.2, 0.25) is 11.8 Å². The van der Waals surface area contributed by atoms with Crippen LogP contribution in [0.25, 0.3) is 0 Å². The van der Waals surface area contributed by atoms with Crippen LogP contribution in [0, 0.1) is 11.8 Å². The predicted molar refractivity (Wildman–Crippen MR) is 140 cm³/mol. The molecule has 0 bridgehead atoms. The van der Waals surface area contributed by atoms with E-state index in [1.165, 1.54) is 19.1 Å². The second-order valence-electron chi connectivity index (χ2n) is 8.88. The number of fused-ring (bicyclic) bond motifs is 1. The van der Waals surface area contributed by atoms with E-state index in [1.807, 2.05) is 13.2 Å². The lowest BCUT2D eigenvalue weighted by Crippen LogP contribution is -2.56. The molecule has 4 rings (SSSR count). The number of carbonyl (C=O) groups is 3. The van der Waals surface area contributed by atoms with E-state index in [4.69, 9.17) is 18.9 Å². The number of ether oxygens (including phenoxy) is 4. The summed E-state index contributed by atoms with van der Waals surface area (Å²) in [5, 5.41) is 3.38. The summed E-state index contributed by atoms with van der Waals surface area (Å²) in [7, 11) is 4.38. The number of benzene rings is 2. The van der Waals surface area contributed by atoms with Gasteiger partial charge in [0, 0.05) is 17.7 Å². The summed E-state index contributed by atoms with van der Waals surface area (Å²) in [6, 6.07) is 11.4. The first-order chi connectivity index (χ1) is 17.9. The summed E-state index contributed by atoms with van der Waals surface area (Å²) in [5.74, 6) is -0.897. The minimum atomic E-state index is -1.38. The Balaban J connectivity index is 1.85. The van der Waals surface area contributed by atoms with Crippen molar-refractivity contribution in [3.63, 3.8) is 0 Å². The van der Waals surface area contributed by atoms with Crippen LogP contribution in [0.3, 0.4) is 0 Å². The number of esters is 1. The maximum Gasteiger partial charge on any atom is 0.326 e. The van der Waals surface area contributed by atoms with Gasteiger partial charge in [-0.1, -0.05) is 6.07 Å². The third-order valence-electron chi connectivity index (χ3n) is 7.09. The predicted octanol–water partition coefficient (Wildman–Crippen LogP) is 3.22. The van der Waals surface area contributed by atoms with Gasteiger partial charge in [-0.2, -0.15) is 11.8 Å². The van der Waals surface area contributed by atoms with Crippen molar-refractivity contribution in [1.82, 2.24) is 5.32 Å². The first-order valence-electron chi connectivity index (χ1n) is 12.0. The SMILES string of the molecule is CCOc1ccc(N2C(=O)[C@H]3[C@@H](c4ccc(OC)cc4OC)N[C@@](CCSC)(C(=O)OC)[C@@H]3C2=O)cc1. The molecule has 0 aliphatic carbocycles. The maximum absolute atomic E-state index is 14.0. The minimum absolute atomic E-state index is 0.313. The van der Waals surface area contributed by atoms with Crippen molar-refractivity contribution >= 4 is 35.2 Å². The third kappa shape index (κ3) is 4.53. The van der Waals surface area contributed by atoms with Crippen LogP contribution in [-0.2, 0) is 19.1 Å². The Morgan fingerprint density at radius 3 is 2.32 bits per heavy atom. The molecule has 9 nitrogen and oxygen atoms in total. The van der Waals surface area contributed by atoms with Crippen LogP contribution in [0.4, 0.5) is 5.69 Å². The number of hydrogen-bond donors (Lipinski definition) is 1. The lowest BCUT2D eigenvalue weighted by atomic mass is 9.77. The largest absolute Gasteiger partial charge is 0.497 e. The van der Waals surface area contributed by atoms with Gasteiger partial charge in [-0.3, -0.25) is 19.7 Å². The van der Waals surface area contributed by atoms with Crippen LogP contribution in [-0.4, -0.2) is 63.3 Å². The van der Waals surface area contributed by atoms with Crippen LogP contribution < -0.4 is 24.4 Å². The number of carbonyl (C=O) groups excluding carboxylic acids is 3. The molecular formula is C27H32N2O7S. The second-order valence-corrected chi connectivity index (χ2v) is 9.86. The quantitative estimate of drug-likeness (QED) is 0.368. The molecule has 2 amide bonds. The average Bonchev–Trinajstić information content (AvgIpc) is 3.40. The first-order valence-corrected chi connectivity index (χ1v) is 13.4. The van der Waals surface area contributed by atoms with Crippen molar-refractivity contribution in [3.05, 3.63) is 48.0 Å². The minimum Gasteiger partial charge on any atom is -0.497 e. The number of methoxy groups -OCH3 is 3. The van der Waals surface area contributed by atoms with Crippen molar-refractivity contribution < 1.29 is 33.3 Å². The van der Waals surface area contributed by atoms with Gasteiger partial charge in [0.15, 0.2) is 0 Å².